The Bertz CT molecular complexity index is 2060. The summed E-state index contributed by atoms with van der Waals surface area (Å²) in [5.74, 6) is -0.247. The van der Waals surface area contributed by atoms with E-state index in [-0.39, 0.29) is 52.9 Å². The molecule has 1 unspecified atom stereocenters. The zero-order chi connectivity index (χ0) is 39.6. The number of hydrogen-bond acceptors (Lipinski definition) is 9. The van der Waals surface area contributed by atoms with Crippen LogP contribution in [0.4, 0.5) is 5.69 Å². The van der Waals surface area contributed by atoms with Gasteiger partial charge in [0, 0.05) is 39.0 Å². The molecule has 1 aromatic heterocycles. The molecule has 4 aliphatic rings. The van der Waals surface area contributed by atoms with Gasteiger partial charge in [0.1, 0.15) is 21.2 Å². The van der Waals surface area contributed by atoms with E-state index in [0.29, 0.717) is 37.2 Å². The van der Waals surface area contributed by atoms with Crippen LogP contribution < -0.4 is 19.1 Å². The van der Waals surface area contributed by atoms with Crippen molar-refractivity contribution in [3.63, 3.8) is 0 Å². The number of aromatic nitrogens is 2. The predicted octanol–water partition coefficient (Wildman–Crippen LogP) is 6.84. The number of fused-ring (bicyclic) bond motifs is 4. The third-order valence-electron chi connectivity index (χ3n) is 12.2. The number of benzene rings is 2. The second-order valence-electron chi connectivity index (χ2n) is 16.2. The van der Waals surface area contributed by atoms with Crippen molar-refractivity contribution in [3.05, 3.63) is 83.1 Å². The van der Waals surface area contributed by atoms with E-state index in [1.807, 2.05) is 32.2 Å². The summed E-state index contributed by atoms with van der Waals surface area (Å²) in [6.07, 6.45) is 10.3. The smallest absolute Gasteiger partial charge is 0.286 e. The van der Waals surface area contributed by atoms with Crippen LogP contribution in [0.25, 0.3) is 0 Å². The van der Waals surface area contributed by atoms with Crippen molar-refractivity contribution in [2.24, 2.45) is 35.1 Å². The Morgan fingerprint density at radius 2 is 1.95 bits per heavy atom. The average molecular weight is 788 g/mol. The summed E-state index contributed by atoms with van der Waals surface area (Å²) < 4.78 is 48.5. The molecular formula is C43H57N5O7S. The molecule has 2 amide bonds. The lowest BCUT2D eigenvalue weighted by molar-refractivity contribution is -0.0439. The predicted molar refractivity (Wildman–Crippen MR) is 216 cm³/mol. The highest BCUT2D eigenvalue weighted by molar-refractivity contribution is 7.92. The fourth-order valence-corrected chi connectivity index (χ4v) is 11.2. The molecule has 1 saturated carbocycles. The summed E-state index contributed by atoms with van der Waals surface area (Å²) >= 11 is 0. The fraction of sp³-hybridized carbons (Fsp3) is 0.558. The van der Waals surface area contributed by atoms with E-state index in [0.717, 1.165) is 57.2 Å². The third kappa shape index (κ3) is 8.69. The Morgan fingerprint density at radius 3 is 2.70 bits per heavy atom. The molecule has 8 atom stereocenters. The lowest BCUT2D eigenvalue weighted by Crippen LogP contribution is -2.45. The van der Waals surface area contributed by atoms with Crippen LogP contribution in [0.1, 0.15) is 89.3 Å². The second kappa shape index (κ2) is 17.1. The van der Waals surface area contributed by atoms with Crippen molar-refractivity contribution < 1.29 is 32.7 Å². The molecule has 2 bridgehead atoms. The van der Waals surface area contributed by atoms with Gasteiger partial charge in [-0.3, -0.25) is 19.0 Å². The highest BCUT2D eigenvalue weighted by Crippen LogP contribution is 2.45. The van der Waals surface area contributed by atoms with E-state index < -0.39 is 21.7 Å². The summed E-state index contributed by atoms with van der Waals surface area (Å²) in [7, 11) is 1.17. The van der Waals surface area contributed by atoms with Crippen LogP contribution in [0, 0.1) is 30.6 Å². The molecule has 13 heteroatoms. The number of anilines is 1. The number of nitrogens with zero attached hydrogens (tertiary/aromatic N) is 4. The molecule has 2 fully saturated rings. The molecule has 3 aromatic rings. The van der Waals surface area contributed by atoms with Crippen molar-refractivity contribution in [3.8, 4) is 11.6 Å². The largest absolute Gasteiger partial charge is 0.491 e. The first kappa shape index (κ1) is 40.0. The minimum atomic E-state index is -3.72. The second-order valence-corrected chi connectivity index (χ2v) is 18.2. The Labute approximate surface area is 331 Å². The van der Waals surface area contributed by atoms with Gasteiger partial charge in [0.25, 0.3) is 11.8 Å². The average Bonchev–Trinajstić information content (AvgIpc) is 3.74. The normalized spacial score (nSPS) is 29.6. The van der Waals surface area contributed by atoms with Crippen LogP contribution in [-0.2, 0) is 39.4 Å². The van der Waals surface area contributed by atoms with Crippen LogP contribution in [0.3, 0.4) is 0 Å². The standard InChI is InChI=1S/C43H57N5O7S/c1-7-10-34-20-33-22-39(52-5)35-16-14-32(35)24-48-23-31-13-12-27(2)19-29(31)11-8-9-18-54-38-17-15-30(21-37(38)48)41(49)45-56(51,26-28(3)40(33)55-34)46-42(50)36-25-47(4)44-43(36)53-6/h7,12-13,15,17,19,21,25,28,32-35,39-40H,1,8-11,14,16,18,20,22-24,26H2,2-6H3,(H,45,46,49,50,51)/t28-,32+,33-,34+,35-,39+,40-,56?/m1/s1. The molecule has 12 nitrogen and oxygen atoms in total. The van der Waals surface area contributed by atoms with Gasteiger partial charge in [-0.2, -0.15) is 0 Å². The molecule has 0 spiro atoms. The van der Waals surface area contributed by atoms with Gasteiger partial charge in [-0.25, -0.2) is 4.21 Å². The van der Waals surface area contributed by atoms with E-state index in [1.165, 1.54) is 34.7 Å². The lowest BCUT2D eigenvalue weighted by Gasteiger charge is -2.45. The molecular weight excluding hydrogens is 731 g/mol. The Kier molecular flexibility index (Phi) is 12.2. The summed E-state index contributed by atoms with van der Waals surface area (Å²) in [6.45, 7) is 10.0. The van der Waals surface area contributed by atoms with Crippen molar-refractivity contribution >= 4 is 27.4 Å². The summed E-state index contributed by atoms with van der Waals surface area (Å²) in [5.41, 5.74) is 4.97. The van der Waals surface area contributed by atoms with Crippen molar-refractivity contribution in [1.29, 1.82) is 0 Å². The van der Waals surface area contributed by atoms with Gasteiger partial charge in [0.05, 0.1) is 43.5 Å². The first-order valence-electron chi connectivity index (χ1n) is 20.1. The van der Waals surface area contributed by atoms with Crippen LogP contribution in [0.2, 0.25) is 0 Å². The number of carbonyl (C=O) groups excluding carboxylic acids is 2. The molecule has 302 valence electrons. The monoisotopic (exact) mass is 787 g/mol. The minimum Gasteiger partial charge on any atom is -0.491 e. The molecule has 1 aliphatic carbocycles. The zero-order valence-electron chi connectivity index (χ0n) is 33.4. The third-order valence-corrected chi connectivity index (χ3v) is 14.1. The fourth-order valence-electron chi connectivity index (χ4n) is 9.29. The van der Waals surface area contributed by atoms with Crippen molar-refractivity contribution in [2.45, 2.75) is 90.1 Å². The summed E-state index contributed by atoms with van der Waals surface area (Å²) in [4.78, 5) is 30.5. The number of methoxy groups -OCH3 is 2. The Balaban J connectivity index is 1.35. The molecule has 0 radical (unpaired) electrons. The van der Waals surface area contributed by atoms with Gasteiger partial charge in [0.15, 0.2) is 0 Å². The van der Waals surface area contributed by atoms with Crippen molar-refractivity contribution in [1.82, 2.24) is 14.5 Å². The Morgan fingerprint density at radius 1 is 1.11 bits per heavy atom. The zero-order valence-corrected chi connectivity index (χ0v) is 34.2. The molecule has 7 rings (SSSR count). The van der Waals surface area contributed by atoms with Gasteiger partial charge in [-0.1, -0.05) is 36.8 Å². The molecule has 56 heavy (non-hydrogen) atoms. The highest BCUT2D eigenvalue weighted by Gasteiger charge is 2.45. The maximum absolute atomic E-state index is 15.1. The van der Waals surface area contributed by atoms with E-state index in [1.54, 1.807) is 13.1 Å². The van der Waals surface area contributed by atoms with E-state index in [2.05, 4.69) is 50.8 Å². The number of aryl methyl sites for hydroxylation is 3. The van der Waals surface area contributed by atoms with Gasteiger partial charge < -0.3 is 23.8 Å². The van der Waals surface area contributed by atoms with Crippen LogP contribution in [-0.4, -0.2) is 77.2 Å². The topological polar surface area (TPSA) is 134 Å². The number of nitrogens with one attached hydrogen (secondary N) is 1. The first-order valence-corrected chi connectivity index (χ1v) is 21.7. The van der Waals surface area contributed by atoms with E-state index >= 15 is 4.21 Å². The molecule has 3 aliphatic heterocycles. The summed E-state index contributed by atoms with van der Waals surface area (Å²) in [6, 6.07) is 12.0. The highest BCUT2D eigenvalue weighted by atomic mass is 32.2. The SMILES string of the molecule is C=CC[C@H]1C[C@@H]2C[C@H](OC)[C@@H]3CC[C@H]3CN3Cc4ccc(C)cc4CCCCOc4ccc(cc43)C(=O)N=S(=O)(NC(=O)c3cn(C)nc3OC)C[C@@H](C)[C@H]2O1. The lowest BCUT2D eigenvalue weighted by atomic mass is 9.68. The van der Waals surface area contributed by atoms with Gasteiger partial charge in [0.2, 0.25) is 5.88 Å². The van der Waals surface area contributed by atoms with E-state index in [9.17, 15) is 9.59 Å². The van der Waals surface area contributed by atoms with Crippen LogP contribution in [0.5, 0.6) is 11.6 Å². The number of hydrogen-bond donors (Lipinski definition) is 1. The van der Waals surface area contributed by atoms with Crippen LogP contribution in [0.15, 0.2) is 59.6 Å². The maximum atomic E-state index is 15.1. The number of ether oxygens (including phenoxy) is 4. The minimum absolute atomic E-state index is 0.00160. The number of rotatable bonds is 6. The first-order chi connectivity index (χ1) is 27.0. The molecule has 2 aromatic carbocycles. The summed E-state index contributed by atoms with van der Waals surface area (Å²) in [5, 5.41) is 4.20. The van der Waals surface area contributed by atoms with Gasteiger partial charge >= 0.3 is 0 Å². The van der Waals surface area contributed by atoms with Crippen molar-refractivity contribution in [2.75, 3.05) is 38.0 Å². The van der Waals surface area contributed by atoms with Gasteiger partial charge in [-0.15, -0.1) is 16.0 Å². The van der Waals surface area contributed by atoms with E-state index in [4.69, 9.17) is 18.9 Å². The Hall–Kier alpha value is -4.20. The number of amides is 2. The molecule has 4 heterocycles. The quantitative estimate of drug-likeness (QED) is 0.267. The number of carbonyl (C=O) groups is 2. The molecule has 1 saturated heterocycles. The van der Waals surface area contributed by atoms with Crippen LogP contribution >= 0.6 is 0 Å². The maximum Gasteiger partial charge on any atom is 0.286 e. The van der Waals surface area contributed by atoms with Gasteiger partial charge in [-0.05, 0) is 111 Å². The molecule has 1 N–H and O–H groups in total.